The van der Waals surface area contributed by atoms with Crippen LogP contribution in [-0.4, -0.2) is 12.6 Å². The zero-order valence-corrected chi connectivity index (χ0v) is 11.2. The summed E-state index contributed by atoms with van der Waals surface area (Å²) < 4.78 is 0. The van der Waals surface area contributed by atoms with E-state index in [1.54, 1.807) is 11.1 Å². The smallest absolute Gasteiger partial charge is 0.0111 e. The van der Waals surface area contributed by atoms with E-state index in [0.717, 1.165) is 5.92 Å². The second kappa shape index (κ2) is 6.20. The van der Waals surface area contributed by atoms with E-state index in [9.17, 15) is 0 Å². The van der Waals surface area contributed by atoms with Gasteiger partial charge in [0.25, 0.3) is 0 Å². The van der Waals surface area contributed by atoms with Crippen molar-refractivity contribution in [2.45, 2.75) is 52.0 Å². The van der Waals surface area contributed by atoms with Gasteiger partial charge in [-0.25, -0.2) is 0 Å². The summed E-state index contributed by atoms with van der Waals surface area (Å²) in [6.07, 6.45) is 6.36. The molecule has 0 bridgehead atoms. The molecule has 94 valence electrons. The summed E-state index contributed by atoms with van der Waals surface area (Å²) in [6.45, 7) is 5.79. The third kappa shape index (κ3) is 3.32. The van der Waals surface area contributed by atoms with Gasteiger partial charge in [-0.1, -0.05) is 51.0 Å². The summed E-state index contributed by atoms with van der Waals surface area (Å²) in [5.41, 5.74) is 3.12. The lowest BCUT2D eigenvalue weighted by atomic mass is 9.88. The van der Waals surface area contributed by atoms with E-state index in [0.29, 0.717) is 6.04 Å². The summed E-state index contributed by atoms with van der Waals surface area (Å²) >= 11 is 0. The highest BCUT2D eigenvalue weighted by Crippen LogP contribution is 2.21. The molecule has 0 saturated heterocycles. The number of hydrogen-bond donors (Lipinski definition) is 1. The van der Waals surface area contributed by atoms with Crippen LogP contribution in [0.5, 0.6) is 0 Å². The molecule has 0 heterocycles. The Kier molecular flexibility index (Phi) is 4.61. The maximum absolute atomic E-state index is 3.76. The van der Waals surface area contributed by atoms with Gasteiger partial charge in [-0.3, -0.25) is 0 Å². The van der Waals surface area contributed by atoms with Crippen molar-refractivity contribution in [1.29, 1.82) is 0 Å². The van der Waals surface area contributed by atoms with Gasteiger partial charge in [0, 0.05) is 6.04 Å². The molecule has 1 aromatic rings. The van der Waals surface area contributed by atoms with Gasteiger partial charge in [0.15, 0.2) is 0 Å². The summed E-state index contributed by atoms with van der Waals surface area (Å²) in [7, 11) is 0. The fourth-order valence-corrected chi connectivity index (χ4v) is 2.78. The van der Waals surface area contributed by atoms with Crippen LogP contribution in [0.1, 0.15) is 44.2 Å². The van der Waals surface area contributed by atoms with Gasteiger partial charge in [0.05, 0.1) is 0 Å². The van der Waals surface area contributed by atoms with Gasteiger partial charge < -0.3 is 5.32 Å². The maximum atomic E-state index is 3.76. The van der Waals surface area contributed by atoms with Crippen molar-refractivity contribution in [3.63, 3.8) is 0 Å². The van der Waals surface area contributed by atoms with Crippen LogP contribution in [0.15, 0.2) is 24.3 Å². The molecule has 0 fully saturated rings. The number of nitrogens with one attached hydrogen (secondary N) is 1. The van der Waals surface area contributed by atoms with Crippen LogP contribution in [0, 0.1) is 5.92 Å². The summed E-state index contributed by atoms with van der Waals surface area (Å²) in [5, 5.41) is 3.76. The first kappa shape index (κ1) is 12.6. The van der Waals surface area contributed by atoms with Crippen LogP contribution in [0.25, 0.3) is 0 Å². The van der Waals surface area contributed by atoms with Gasteiger partial charge in [0.1, 0.15) is 0 Å². The lowest BCUT2D eigenvalue weighted by Crippen LogP contribution is -2.37. The minimum absolute atomic E-state index is 0.700. The van der Waals surface area contributed by atoms with E-state index >= 15 is 0 Å². The quantitative estimate of drug-likeness (QED) is 0.817. The zero-order chi connectivity index (χ0) is 12.1. The molecule has 2 rings (SSSR count). The minimum Gasteiger partial charge on any atom is -0.313 e. The second-order valence-electron chi connectivity index (χ2n) is 5.30. The predicted octanol–water partition coefficient (Wildman–Crippen LogP) is 3.57. The van der Waals surface area contributed by atoms with Gasteiger partial charge in [-0.2, -0.15) is 0 Å². The van der Waals surface area contributed by atoms with E-state index in [4.69, 9.17) is 0 Å². The molecular weight excluding hydrogens is 206 g/mol. The highest BCUT2D eigenvalue weighted by atomic mass is 14.9. The van der Waals surface area contributed by atoms with Crippen molar-refractivity contribution in [3.05, 3.63) is 35.4 Å². The van der Waals surface area contributed by atoms with Crippen molar-refractivity contribution >= 4 is 0 Å². The van der Waals surface area contributed by atoms with Gasteiger partial charge in [0.2, 0.25) is 0 Å². The zero-order valence-electron chi connectivity index (χ0n) is 11.2. The number of fused-ring (bicyclic) bond motifs is 1. The molecular formula is C16H25N. The van der Waals surface area contributed by atoms with Crippen molar-refractivity contribution in [3.8, 4) is 0 Å². The summed E-state index contributed by atoms with van der Waals surface area (Å²) in [6, 6.07) is 9.61. The van der Waals surface area contributed by atoms with Crippen molar-refractivity contribution in [1.82, 2.24) is 5.32 Å². The standard InChI is InChI=1S/C16H25N/c1-3-13(4-2)12-17-16-10-9-14-7-5-6-8-15(14)11-16/h5-8,13,16-17H,3-4,9-12H2,1-2H3. The Balaban J connectivity index is 1.86. The molecule has 1 nitrogen and oxygen atoms in total. The Morgan fingerprint density at radius 2 is 1.88 bits per heavy atom. The van der Waals surface area contributed by atoms with E-state index in [2.05, 4.69) is 43.4 Å². The Labute approximate surface area is 106 Å². The lowest BCUT2D eigenvalue weighted by molar-refractivity contribution is 0.385. The van der Waals surface area contributed by atoms with Crippen LogP contribution >= 0.6 is 0 Å². The first-order valence-corrected chi connectivity index (χ1v) is 7.13. The fourth-order valence-electron chi connectivity index (χ4n) is 2.78. The monoisotopic (exact) mass is 231 g/mol. The number of hydrogen-bond acceptors (Lipinski definition) is 1. The maximum Gasteiger partial charge on any atom is 0.0111 e. The molecule has 1 aromatic carbocycles. The second-order valence-corrected chi connectivity index (χ2v) is 5.30. The van der Waals surface area contributed by atoms with Crippen LogP contribution < -0.4 is 5.32 Å². The topological polar surface area (TPSA) is 12.0 Å². The predicted molar refractivity (Wildman–Crippen MR) is 74.3 cm³/mol. The minimum atomic E-state index is 0.700. The molecule has 0 radical (unpaired) electrons. The Hall–Kier alpha value is -0.820. The van der Waals surface area contributed by atoms with E-state index in [1.807, 2.05) is 0 Å². The number of aryl methyl sites for hydroxylation is 1. The van der Waals surface area contributed by atoms with Crippen molar-refractivity contribution in [2.75, 3.05) is 6.54 Å². The molecule has 17 heavy (non-hydrogen) atoms. The van der Waals surface area contributed by atoms with Gasteiger partial charge in [-0.15, -0.1) is 0 Å². The van der Waals surface area contributed by atoms with Crippen LogP contribution in [0.3, 0.4) is 0 Å². The van der Waals surface area contributed by atoms with E-state index < -0.39 is 0 Å². The van der Waals surface area contributed by atoms with Crippen LogP contribution in [0.2, 0.25) is 0 Å². The molecule has 0 amide bonds. The molecule has 1 aliphatic carbocycles. The third-order valence-corrected chi connectivity index (χ3v) is 4.20. The molecule has 0 spiro atoms. The first-order valence-electron chi connectivity index (χ1n) is 7.13. The third-order valence-electron chi connectivity index (χ3n) is 4.20. The number of benzene rings is 1. The van der Waals surface area contributed by atoms with Crippen LogP contribution in [0.4, 0.5) is 0 Å². The first-order chi connectivity index (χ1) is 8.33. The Bertz CT molecular complexity index is 341. The fraction of sp³-hybridized carbons (Fsp3) is 0.625. The van der Waals surface area contributed by atoms with Crippen LogP contribution in [-0.2, 0) is 12.8 Å². The normalized spacial score (nSPS) is 19.4. The highest BCUT2D eigenvalue weighted by Gasteiger charge is 2.18. The lowest BCUT2D eigenvalue weighted by Gasteiger charge is -2.27. The molecule has 0 saturated carbocycles. The molecule has 1 N–H and O–H groups in total. The average molecular weight is 231 g/mol. The van der Waals surface area contributed by atoms with Gasteiger partial charge in [-0.05, 0) is 42.9 Å². The van der Waals surface area contributed by atoms with E-state index in [-0.39, 0.29) is 0 Å². The molecule has 1 atom stereocenters. The van der Waals surface area contributed by atoms with Crippen molar-refractivity contribution < 1.29 is 0 Å². The molecule has 0 aromatic heterocycles. The largest absolute Gasteiger partial charge is 0.313 e. The summed E-state index contributed by atoms with van der Waals surface area (Å²) in [4.78, 5) is 0. The molecule has 0 aliphatic heterocycles. The average Bonchev–Trinajstić information content (AvgIpc) is 2.40. The van der Waals surface area contributed by atoms with Crippen molar-refractivity contribution in [2.24, 2.45) is 5.92 Å². The molecule has 1 unspecified atom stereocenters. The van der Waals surface area contributed by atoms with Gasteiger partial charge >= 0.3 is 0 Å². The highest BCUT2D eigenvalue weighted by molar-refractivity contribution is 5.30. The summed E-state index contributed by atoms with van der Waals surface area (Å²) in [5.74, 6) is 0.854. The number of rotatable bonds is 5. The SMILES string of the molecule is CCC(CC)CNC1CCc2ccccc2C1. The Morgan fingerprint density at radius 1 is 1.18 bits per heavy atom. The van der Waals surface area contributed by atoms with E-state index in [1.165, 1.54) is 38.6 Å². The Morgan fingerprint density at radius 3 is 2.59 bits per heavy atom. The molecule has 1 aliphatic rings. The molecule has 1 heteroatoms.